The van der Waals surface area contributed by atoms with Gasteiger partial charge in [0.2, 0.25) is 0 Å². The number of hydrogen-bond donors (Lipinski definition) is 0. The molecule has 2 nitrogen and oxygen atoms in total. The first kappa shape index (κ1) is 11.7. The van der Waals surface area contributed by atoms with E-state index in [1.807, 2.05) is 13.0 Å². The van der Waals surface area contributed by atoms with Crippen molar-refractivity contribution in [3.05, 3.63) is 23.3 Å². The van der Waals surface area contributed by atoms with Crippen molar-refractivity contribution in [2.75, 3.05) is 0 Å². The standard InChI is InChI=1S/C13H17NO/c1-10-8-13(2,3)9-12(15)11(10)6-4-5-7-14/h4-5H,6,8-9H2,1-3H3. The van der Waals surface area contributed by atoms with E-state index in [9.17, 15) is 4.79 Å². The molecule has 0 atom stereocenters. The van der Waals surface area contributed by atoms with Gasteiger partial charge in [-0.2, -0.15) is 5.26 Å². The zero-order chi connectivity index (χ0) is 11.5. The van der Waals surface area contributed by atoms with Crippen molar-refractivity contribution < 1.29 is 4.79 Å². The second-order valence-corrected chi connectivity index (χ2v) is 4.94. The average molecular weight is 203 g/mol. The minimum atomic E-state index is 0.101. The third-order valence-electron chi connectivity index (χ3n) is 2.75. The molecule has 0 radical (unpaired) electrons. The summed E-state index contributed by atoms with van der Waals surface area (Å²) in [6.07, 6.45) is 5.41. The van der Waals surface area contributed by atoms with Gasteiger partial charge in [0, 0.05) is 12.5 Å². The summed E-state index contributed by atoms with van der Waals surface area (Å²) >= 11 is 0. The lowest BCUT2D eigenvalue weighted by molar-refractivity contribution is -0.118. The Morgan fingerprint density at radius 1 is 1.47 bits per heavy atom. The van der Waals surface area contributed by atoms with Crippen molar-refractivity contribution in [1.82, 2.24) is 0 Å². The van der Waals surface area contributed by atoms with Gasteiger partial charge in [-0.1, -0.05) is 25.5 Å². The van der Waals surface area contributed by atoms with Crippen molar-refractivity contribution >= 4 is 5.78 Å². The number of ketones is 1. The third-order valence-corrected chi connectivity index (χ3v) is 2.75. The molecule has 0 spiro atoms. The Bertz CT molecular complexity index is 366. The molecule has 0 fully saturated rings. The van der Waals surface area contributed by atoms with Crippen LogP contribution in [-0.2, 0) is 4.79 Å². The second kappa shape index (κ2) is 4.44. The maximum atomic E-state index is 11.8. The van der Waals surface area contributed by atoms with Gasteiger partial charge in [-0.3, -0.25) is 4.79 Å². The third kappa shape index (κ3) is 3.06. The van der Waals surface area contributed by atoms with E-state index >= 15 is 0 Å². The number of hydrogen-bond acceptors (Lipinski definition) is 2. The molecule has 0 aromatic rings. The molecule has 0 aromatic carbocycles. The van der Waals surface area contributed by atoms with E-state index in [0.717, 1.165) is 12.0 Å². The topological polar surface area (TPSA) is 40.9 Å². The summed E-state index contributed by atoms with van der Waals surface area (Å²) in [6.45, 7) is 6.26. The molecule has 0 heterocycles. The molecule has 1 aliphatic carbocycles. The van der Waals surface area contributed by atoms with Crippen molar-refractivity contribution in [3.63, 3.8) is 0 Å². The van der Waals surface area contributed by atoms with Crippen LogP contribution in [0.25, 0.3) is 0 Å². The van der Waals surface area contributed by atoms with Crippen LogP contribution in [0.3, 0.4) is 0 Å². The van der Waals surface area contributed by atoms with Crippen LogP contribution in [0.4, 0.5) is 0 Å². The SMILES string of the molecule is CC1=C(CC=CC#N)C(=O)CC(C)(C)C1. The lowest BCUT2D eigenvalue weighted by Crippen LogP contribution is -2.24. The molecular weight excluding hydrogens is 186 g/mol. The van der Waals surface area contributed by atoms with Gasteiger partial charge in [0.25, 0.3) is 0 Å². The molecule has 15 heavy (non-hydrogen) atoms. The molecule has 0 saturated heterocycles. The molecule has 1 aliphatic rings. The predicted molar refractivity (Wildman–Crippen MR) is 60.1 cm³/mol. The molecular formula is C13H17NO. The predicted octanol–water partition coefficient (Wildman–Crippen LogP) is 3.16. The summed E-state index contributed by atoms with van der Waals surface area (Å²) in [4.78, 5) is 11.8. The molecule has 1 rings (SSSR count). The van der Waals surface area contributed by atoms with Gasteiger partial charge >= 0.3 is 0 Å². The molecule has 0 amide bonds. The van der Waals surface area contributed by atoms with Gasteiger partial charge in [0.15, 0.2) is 5.78 Å². The summed E-state index contributed by atoms with van der Waals surface area (Å²) in [6, 6.07) is 1.94. The molecule has 2 heteroatoms. The Labute approximate surface area is 91.3 Å². The number of rotatable bonds is 2. The first-order valence-corrected chi connectivity index (χ1v) is 5.23. The number of allylic oxidation sites excluding steroid dienone is 4. The van der Waals surface area contributed by atoms with E-state index in [4.69, 9.17) is 5.26 Å². The Hall–Kier alpha value is -1.36. The van der Waals surface area contributed by atoms with Crippen LogP contribution in [0.1, 0.15) is 40.0 Å². The lowest BCUT2D eigenvalue weighted by Gasteiger charge is -2.30. The number of nitrogens with zero attached hydrogens (tertiary/aromatic N) is 1. The van der Waals surface area contributed by atoms with Gasteiger partial charge in [-0.05, 0) is 30.8 Å². The quantitative estimate of drug-likeness (QED) is 0.647. The fourth-order valence-corrected chi connectivity index (χ4v) is 2.18. The highest BCUT2D eigenvalue weighted by Crippen LogP contribution is 2.37. The largest absolute Gasteiger partial charge is 0.295 e. The number of Topliss-reactive ketones (excluding diaryl/α,β-unsaturated/α-hetero) is 1. The van der Waals surface area contributed by atoms with Crippen LogP contribution in [0.5, 0.6) is 0 Å². The van der Waals surface area contributed by atoms with E-state index in [1.165, 1.54) is 11.6 Å². The highest BCUT2D eigenvalue weighted by atomic mass is 16.1. The zero-order valence-electron chi connectivity index (χ0n) is 9.63. The average Bonchev–Trinajstić information content (AvgIpc) is 2.08. The number of nitriles is 1. The highest BCUT2D eigenvalue weighted by molar-refractivity contribution is 5.97. The molecule has 0 N–H and O–H groups in total. The molecule has 80 valence electrons. The maximum absolute atomic E-state index is 11.8. The minimum absolute atomic E-state index is 0.101. The Balaban J connectivity index is 2.84. The van der Waals surface area contributed by atoms with E-state index in [0.29, 0.717) is 12.8 Å². The van der Waals surface area contributed by atoms with Gasteiger partial charge in [0.1, 0.15) is 0 Å². The van der Waals surface area contributed by atoms with Crippen molar-refractivity contribution in [2.45, 2.75) is 40.0 Å². The molecule has 0 saturated carbocycles. The van der Waals surface area contributed by atoms with Crippen LogP contribution >= 0.6 is 0 Å². The smallest absolute Gasteiger partial charge is 0.159 e. The van der Waals surface area contributed by atoms with E-state index in [1.54, 1.807) is 6.08 Å². The van der Waals surface area contributed by atoms with Crippen molar-refractivity contribution in [2.24, 2.45) is 5.41 Å². The summed E-state index contributed by atoms with van der Waals surface area (Å²) in [5.74, 6) is 0.242. The van der Waals surface area contributed by atoms with Crippen LogP contribution in [0.2, 0.25) is 0 Å². The summed E-state index contributed by atoms with van der Waals surface area (Å²) in [5, 5.41) is 8.37. The molecule has 0 bridgehead atoms. The maximum Gasteiger partial charge on any atom is 0.159 e. The van der Waals surface area contributed by atoms with Gasteiger partial charge < -0.3 is 0 Å². The fraction of sp³-hybridized carbons (Fsp3) is 0.538. The first-order chi connectivity index (χ1) is 6.96. The van der Waals surface area contributed by atoms with Crippen LogP contribution in [0, 0.1) is 16.7 Å². The Kier molecular flexibility index (Phi) is 3.47. The minimum Gasteiger partial charge on any atom is -0.295 e. The van der Waals surface area contributed by atoms with Gasteiger partial charge in [-0.15, -0.1) is 0 Å². The molecule has 0 aromatic heterocycles. The van der Waals surface area contributed by atoms with E-state index in [-0.39, 0.29) is 11.2 Å². The highest BCUT2D eigenvalue weighted by Gasteiger charge is 2.30. The van der Waals surface area contributed by atoms with Gasteiger partial charge in [0.05, 0.1) is 6.07 Å². The second-order valence-electron chi connectivity index (χ2n) is 4.94. The zero-order valence-corrected chi connectivity index (χ0v) is 9.63. The van der Waals surface area contributed by atoms with Crippen molar-refractivity contribution in [3.8, 4) is 6.07 Å². The van der Waals surface area contributed by atoms with E-state index < -0.39 is 0 Å². The van der Waals surface area contributed by atoms with Crippen LogP contribution < -0.4 is 0 Å². The lowest BCUT2D eigenvalue weighted by atomic mass is 9.73. The fourth-order valence-electron chi connectivity index (χ4n) is 2.18. The Morgan fingerprint density at radius 3 is 2.67 bits per heavy atom. The summed E-state index contributed by atoms with van der Waals surface area (Å²) in [7, 11) is 0. The summed E-state index contributed by atoms with van der Waals surface area (Å²) < 4.78 is 0. The number of carbonyl (C=O) groups is 1. The van der Waals surface area contributed by atoms with E-state index in [2.05, 4.69) is 13.8 Å². The van der Waals surface area contributed by atoms with Crippen LogP contribution in [0.15, 0.2) is 23.3 Å². The normalized spacial score (nSPS) is 20.8. The molecule has 0 aliphatic heterocycles. The van der Waals surface area contributed by atoms with Gasteiger partial charge in [-0.25, -0.2) is 0 Å². The van der Waals surface area contributed by atoms with Crippen LogP contribution in [-0.4, -0.2) is 5.78 Å². The monoisotopic (exact) mass is 203 g/mol. The first-order valence-electron chi connectivity index (χ1n) is 5.23. The Morgan fingerprint density at radius 2 is 2.13 bits per heavy atom. The van der Waals surface area contributed by atoms with Crippen molar-refractivity contribution in [1.29, 1.82) is 5.26 Å². The number of carbonyl (C=O) groups excluding carboxylic acids is 1. The summed E-state index contributed by atoms with van der Waals surface area (Å²) in [5.41, 5.74) is 2.18. The molecule has 0 unspecified atom stereocenters.